The molecule has 0 aliphatic rings. The third kappa shape index (κ3) is 3.54. The van der Waals surface area contributed by atoms with Gasteiger partial charge in [-0.05, 0) is 40.8 Å². The molecule has 2 aromatic rings. The molecule has 0 aliphatic carbocycles. The minimum Gasteiger partial charge on any atom is -0.478 e. The maximum absolute atomic E-state index is 11.0. The lowest BCUT2D eigenvalue weighted by Crippen LogP contribution is -2.10. The number of halogens is 2. The molecule has 0 aliphatic heterocycles. The van der Waals surface area contributed by atoms with E-state index in [-0.39, 0.29) is 12.1 Å². The topological polar surface area (TPSA) is 75.1 Å². The van der Waals surface area contributed by atoms with Crippen LogP contribution in [0.25, 0.3) is 0 Å². The summed E-state index contributed by atoms with van der Waals surface area (Å²) in [7, 11) is 0. The summed E-state index contributed by atoms with van der Waals surface area (Å²) >= 11 is 8.23. The number of hydrogen-bond acceptors (Lipinski definition) is 4. The largest absolute Gasteiger partial charge is 0.478 e. The summed E-state index contributed by atoms with van der Waals surface area (Å²) in [4.78, 5) is 18.7. The molecule has 5 nitrogen and oxygen atoms in total. The van der Waals surface area contributed by atoms with Crippen LogP contribution in [0, 0.1) is 3.57 Å². The first-order valence-corrected chi connectivity index (χ1v) is 6.74. The molecule has 0 saturated carbocycles. The van der Waals surface area contributed by atoms with Crippen molar-refractivity contribution in [3.05, 3.63) is 50.6 Å². The van der Waals surface area contributed by atoms with Crippen molar-refractivity contribution in [3.63, 3.8) is 0 Å². The number of anilines is 1. The number of nitrogens with one attached hydrogen (secondary N) is 1. The van der Waals surface area contributed by atoms with Gasteiger partial charge in [0, 0.05) is 9.77 Å². The molecule has 19 heavy (non-hydrogen) atoms. The van der Waals surface area contributed by atoms with Crippen LogP contribution in [0.5, 0.6) is 0 Å². The van der Waals surface area contributed by atoms with Crippen LogP contribution in [0.4, 0.5) is 5.69 Å². The molecule has 0 spiro atoms. The van der Waals surface area contributed by atoms with E-state index in [2.05, 4.69) is 37.9 Å². The van der Waals surface area contributed by atoms with Crippen molar-refractivity contribution in [2.24, 2.45) is 0 Å². The highest BCUT2D eigenvalue weighted by molar-refractivity contribution is 14.1. The maximum Gasteiger partial charge on any atom is 0.339 e. The predicted molar refractivity (Wildman–Crippen MR) is 80.5 cm³/mol. The fourth-order valence-electron chi connectivity index (χ4n) is 1.49. The van der Waals surface area contributed by atoms with Crippen molar-refractivity contribution in [1.82, 2.24) is 9.97 Å². The highest BCUT2D eigenvalue weighted by atomic mass is 127. The highest BCUT2D eigenvalue weighted by Crippen LogP contribution is 2.24. The Labute approximate surface area is 128 Å². The summed E-state index contributed by atoms with van der Waals surface area (Å²) in [5.41, 5.74) is 1.23. The van der Waals surface area contributed by atoms with Crippen LogP contribution in [0.15, 0.2) is 30.7 Å². The fraction of sp³-hybridized carbons (Fsp3) is 0.0833. The van der Waals surface area contributed by atoms with Crippen LogP contribution in [0.2, 0.25) is 5.02 Å². The van der Waals surface area contributed by atoms with E-state index in [9.17, 15) is 4.79 Å². The first-order valence-electron chi connectivity index (χ1n) is 5.29. The molecule has 1 heterocycles. The lowest BCUT2D eigenvalue weighted by atomic mass is 10.2. The first-order chi connectivity index (χ1) is 9.08. The summed E-state index contributed by atoms with van der Waals surface area (Å²) in [6.07, 6.45) is 2.60. The fourth-order valence-corrected chi connectivity index (χ4v) is 2.16. The molecular weight excluding hydrogens is 381 g/mol. The van der Waals surface area contributed by atoms with Crippen molar-refractivity contribution in [3.8, 4) is 0 Å². The molecule has 1 aromatic heterocycles. The van der Waals surface area contributed by atoms with Gasteiger partial charge in [0.1, 0.15) is 11.9 Å². The molecule has 0 fully saturated rings. The van der Waals surface area contributed by atoms with Crippen molar-refractivity contribution in [2.45, 2.75) is 6.54 Å². The molecule has 0 atom stereocenters. The number of aromatic carboxylic acids is 1. The summed E-state index contributed by atoms with van der Waals surface area (Å²) < 4.78 is 1.03. The standard InChI is InChI=1S/C12H9ClIN3O2/c13-9-2-1-7(14)3-10(9)16-5-11-8(12(18)19)4-15-6-17-11/h1-4,6,16H,5H2,(H,18,19). The molecule has 1 aromatic carbocycles. The van der Waals surface area contributed by atoms with Crippen molar-refractivity contribution in [2.75, 3.05) is 5.32 Å². The van der Waals surface area contributed by atoms with Gasteiger partial charge in [-0.2, -0.15) is 0 Å². The van der Waals surface area contributed by atoms with Crippen LogP contribution in [-0.2, 0) is 6.54 Å². The summed E-state index contributed by atoms with van der Waals surface area (Å²) in [5, 5.41) is 12.7. The molecule has 0 radical (unpaired) electrons. The monoisotopic (exact) mass is 389 g/mol. The Morgan fingerprint density at radius 2 is 2.26 bits per heavy atom. The highest BCUT2D eigenvalue weighted by Gasteiger charge is 2.11. The van der Waals surface area contributed by atoms with Gasteiger partial charge < -0.3 is 10.4 Å². The summed E-state index contributed by atoms with van der Waals surface area (Å²) in [5.74, 6) is -1.05. The quantitative estimate of drug-likeness (QED) is 0.786. The molecule has 2 N–H and O–H groups in total. The SMILES string of the molecule is O=C(O)c1cncnc1CNc1cc(I)ccc1Cl. The third-order valence-electron chi connectivity index (χ3n) is 2.40. The van der Waals surface area contributed by atoms with Gasteiger partial charge >= 0.3 is 5.97 Å². The molecule has 0 amide bonds. The van der Waals surface area contributed by atoms with Crippen molar-refractivity contribution >= 4 is 45.8 Å². The minimum absolute atomic E-state index is 0.0803. The Hall–Kier alpha value is -1.41. The Morgan fingerprint density at radius 1 is 1.47 bits per heavy atom. The number of carboxylic acids is 1. The molecule has 98 valence electrons. The molecule has 7 heteroatoms. The van der Waals surface area contributed by atoms with Crippen molar-refractivity contribution < 1.29 is 9.90 Å². The minimum atomic E-state index is -1.05. The van der Waals surface area contributed by atoms with Gasteiger partial charge in [-0.25, -0.2) is 14.8 Å². The average Bonchev–Trinajstić information content (AvgIpc) is 2.40. The van der Waals surface area contributed by atoms with Crippen LogP contribution >= 0.6 is 34.2 Å². The molecule has 0 bridgehead atoms. The van der Waals surface area contributed by atoms with Gasteiger partial charge in [0.2, 0.25) is 0 Å². The van der Waals surface area contributed by atoms with E-state index in [1.165, 1.54) is 12.5 Å². The van der Waals surface area contributed by atoms with E-state index in [0.717, 1.165) is 9.26 Å². The summed E-state index contributed by atoms with van der Waals surface area (Å²) in [6, 6.07) is 5.55. The first kappa shape index (κ1) is 14.0. The van der Waals surface area contributed by atoms with E-state index in [1.54, 1.807) is 6.07 Å². The van der Waals surface area contributed by atoms with Crippen molar-refractivity contribution in [1.29, 1.82) is 0 Å². The second-order valence-corrected chi connectivity index (χ2v) is 5.32. The number of carboxylic acid groups (broad SMARTS) is 1. The van der Waals surface area contributed by atoms with Gasteiger partial charge in [-0.15, -0.1) is 0 Å². The van der Waals surface area contributed by atoms with Gasteiger partial charge in [-0.1, -0.05) is 11.6 Å². The zero-order chi connectivity index (χ0) is 13.8. The van der Waals surface area contributed by atoms with Crippen LogP contribution in [-0.4, -0.2) is 21.0 Å². The van der Waals surface area contributed by atoms with Gasteiger partial charge in [0.15, 0.2) is 0 Å². The number of hydrogen-bond donors (Lipinski definition) is 2. The number of aromatic nitrogens is 2. The normalized spacial score (nSPS) is 10.2. The van der Waals surface area contributed by atoms with E-state index in [4.69, 9.17) is 16.7 Å². The van der Waals surface area contributed by atoms with Gasteiger partial charge in [-0.3, -0.25) is 0 Å². The lowest BCUT2D eigenvalue weighted by Gasteiger charge is -2.09. The predicted octanol–water partition coefficient (Wildman–Crippen LogP) is 3.04. The molecule has 2 rings (SSSR count). The Morgan fingerprint density at radius 3 is 3.00 bits per heavy atom. The van der Waals surface area contributed by atoms with Crippen LogP contribution < -0.4 is 5.32 Å². The van der Waals surface area contributed by atoms with Gasteiger partial charge in [0.05, 0.1) is 22.9 Å². The van der Waals surface area contributed by atoms with E-state index in [0.29, 0.717) is 10.7 Å². The Balaban J connectivity index is 2.19. The molecule has 0 saturated heterocycles. The maximum atomic E-state index is 11.0. The zero-order valence-corrected chi connectivity index (χ0v) is 12.5. The molecular formula is C12H9ClIN3O2. The third-order valence-corrected chi connectivity index (χ3v) is 3.40. The van der Waals surface area contributed by atoms with E-state index >= 15 is 0 Å². The number of nitrogens with zero attached hydrogens (tertiary/aromatic N) is 2. The Bertz CT molecular complexity index is 622. The second-order valence-electron chi connectivity index (χ2n) is 3.67. The lowest BCUT2D eigenvalue weighted by molar-refractivity contribution is 0.0694. The van der Waals surface area contributed by atoms with E-state index in [1.807, 2.05) is 12.1 Å². The Kier molecular flexibility index (Phi) is 4.54. The van der Waals surface area contributed by atoms with E-state index < -0.39 is 5.97 Å². The average molecular weight is 390 g/mol. The second kappa shape index (κ2) is 6.16. The number of benzene rings is 1. The smallest absolute Gasteiger partial charge is 0.339 e. The zero-order valence-electron chi connectivity index (χ0n) is 9.60. The van der Waals surface area contributed by atoms with Crippen LogP contribution in [0.1, 0.15) is 16.1 Å². The van der Waals surface area contributed by atoms with Gasteiger partial charge in [0.25, 0.3) is 0 Å². The molecule has 0 unspecified atom stereocenters. The van der Waals surface area contributed by atoms with Crippen LogP contribution in [0.3, 0.4) is 0 Å². The summed E-state index contributed by atoms with van der Waals surface area (Å²) in [6.45, 7) is 0.268. The number of carbonyl (C=O) groups is 1. The number of rotatable bonds is 4.